The maximum Gasteiger partial charge on any atom is 0.124 e. The van der Waals surface area contributed by atoms with E-state index in [1.807, 2.05) is 12.1 Å². The number of hydrogen-bond donors (Lipinski definition) is 0. The van der Waals surface area contributed by atoms with Gasteiger partial charge < -0.3 is 9.04 Å². The average molecular weight is 608 g/mol. The Kier molecular flexibility index (Phi) is 23.7. The molecule has 0 saturated heterocycles. The summed E-state index contributed by atoms with van der Waals surface area (Å²) in [7, 11) is -4.41. The van der Waals surface area contributed by atoms with E-state index in [2.05, 4.69) is 20.8 Å². The molecule has 0 spiro atoms. The first kappa shape index (κ1) is 39.1. The van der Waals surface area contributed by atoms with E-state index in [0.29, 0.717) is 0 Å². The largest absolute Gasteiger partial charge is 0.744 e. The van der Waals surface area contributed by atoms with Crippen molar-refractivity contribution in [2.24, 2.45) is 0 Å². The van der Waals surface area contributed by atoms with Gasteiger partial charge in [-0.2, -0.15) is 0 Å². The minimum absolute atomic E-state index is 0.112. The molecule has 0 aliphatic heterocycles. The van der Waals surface area contributed by atoms with Crippen LogP contribution in [0.5, 0.6) is 0 Å². The smallest absolute Gasteiger partial charge is 0.124 e. The Labute approximate surface area is 262 Å². The van der Waals surface area contributed by atoms with Crippen molar-refractivity contribution in [1.29, 1.82) is 0 Å². The Morgan fingerprint density at radius 2 is 0.762 bits per heavy atom. The summed E-state index contributed by atoms with van der Waals surface area (Å²) >= 11 is 0. The van der Waals surface area contributed by atoms with Gasteiger partial charge in [0.05, 0.1) is 24.5 Å². The Morgan fingerprint density at radius 1 is 0.476 bits per heavy atom. The fraction of sp³-hybridized carbons (Fsp3) is 0.838. The summed E-state index contributed by atoms with van der Waals surface area (Å²) in [5.41, 5.74) is 1.17. The first-order valence-corrected chi connectivity index (χ1v) is 19.7. The molecule has 0 aromatic heterocycles. The van der Waals surface area contributed by atoms with E-state index in [1.165, 1.54) is 191 Å². The Balaban J connectivity index is 2.85. The minimum atomic E-state index is -4.41. The Morgan fingerprint density at radius 3 is 1.05 bits per heavy atom. The summed E-state index contributed by atoms with van der Waals surface area (Å²) in [6.07, 6.45) is 32.1. The lowest BCUT2D eigenvalue weighted by Gasteiger charge is -2.39. The molecule has 0 radical (unpaired) electrons. The molecule has 0 aliphatic carbocycles. The maximum atomic E-state index is 11.5. The molecule has 0 saturated carbocycles. The van der Waals surface area contributed by atoms with E-state index in [1.54, 1.807) is 0 Å². The molecule has 1 aromatic rings. The van der Waals surface area contributed by atoms with E-state index >= 15 is 0 Å². The van der Waals surface area contributed by atoms with Crippen LogP contribution in [0, 0.1) is 0 Å². The highest BCUT2D eigenvalue weighted by Gasteiger charge is 2.27. The van der Waals surface area contributed by atoms with Crippen LogP contribution in [0.25, 0.3) is 0 Å². The molecule has 0 fully saturated rings. The SMILES string of the molecule is CCCCCCCCCC[N+](CCCCCCCCCC)(CCCCCCCCCC)Cc1ccc(S(=O)(=O)[O-])cc1. The highest BCUT2D eigenvalue weighted by atomic mass is 32.2. The summed E-state index contributed by atoms with van der Waals surface area (Å²) in [5.74, 6) is 0. The molecular weight excluding hydrogens is 538 g/mol. The van der Waals surface area contributed by atoms with E-state index in [-0.39, 0.29) is 4.90 Å². The third-order valence-electron chi connectivity index (χ3n) is 9.19. The lowest BCUT2D eigenvalue weighted by molar-refractivity contribution is -0.941. The molecule has 1 aromatic carbocycles. The molecule has 0 N–H and O–H groups in total. The van der Waals surface area contributed by atoms with Crippen LogP contribution >= 0.6 is 0 Å². The minimum Gasteiger partial charge on any atom is -0.744 e. The van der Waals surface area contributed by atoms with Gasteiger partial charge in [0.2, 0.25) is 0 Å². The monoisotopic (exact) mass is 607 g/mol. The third-order valence-corrected chi connectivity index (χ3v) is 10.0. The summed E-state index contributed by atoms with van der Waals surface area (Å²) in [4.78, 5) is -0.112. The molecule has 246 valence electrons. The molecule has 0 unspecified atom stereocenters. The predicted octanol–water partition coefficient (Wildman–Crippen LogP) is 11.3. The molecule has 1 rings (SSSR count). The zero-order chi connectivity index (χ0) is 30.8. The molecule has 0 aliphatic rings. The fourth-order valence-electron chi connectivity index (χ4n) is 6.46. The summed E-state index contributed by atoms with van der Waals surface area (Å²) < 4.78 is 35.7. The van der Waals surface area contributed by atoms with Crippen LogP contribution in [-0.2, 0) is 16.7 Å². The van der Waals surface area contributed by atoms with Gasteiger partial charge in [0.25, 0.3) is 0 Å². The number of quaternary nitrogens is 1. The molecule has 0 bridgehead atoms. The Bertz CT molecular complexity index is 787. The van der Waals surface area contributed by atoms with Crippen molar-refractivity contribution in [1.82, 2.24) is 0 Å². The van der Waals surface area contributed by atoms with Gasteiger partial charge >= 0.3 is 0 Å². The van der Waals surface area contributed by atoms with Gasteiger partial charge in [0.1, 0.15) is 16.7 Å². The van der Waals surface area contributed by atoms with Crippen LogP contribution < -0.4 is 0 Å². The fourth-order valence-corrected chi connectivity index (χ4v) is 6.93. The molecule has 5 heteroatoms. The second-order valence-electron chi connectivity index (χ2n) is 13.2. The standard InChI is InChI=1S/C37H69NO3S/c1-4-7-10-13-16-19-22-25-32-38(33-26-23-20-17-14-11-8-5-2,34-27-24-21-18-15-12-9-6-3)35-36-28-30-37(31-29-36)42(39,40)41/h28-31H,4-27,32-35H2,1-3H3. The Hall–Kier alpha value is -0.910. The predicted molar refractivity (Wildman–Crippen MR) is 181 cm³/mol. The van der Waals surface area contributed by atoms with E-state index in [4.69, 9.17) is 0 Å². The van der Waals surface area contributed by atoms with Crippen LogP contribution in [-0.4, -0.2) is 37.1 Å². The third kappa shape index (κ3) is 20.1. The molecule has 4 nitrogen and oxygen atoms in total. The topological polar surface area (TPSA) is 57.2 Å². The van der Waals surface area contributed by atoms with Crippen LogP contribution in [0.3, 0.4) is 0 Å². The first-order chi connectivity index (χ1) is 20.4. The van der Waals surface area contributed by atoms with Crippen molar-refractivity contribution in [3.63, 3.8) is 0 Å². The normalized spacial score (nSPS) is 12.3. The summed E-state index contributed by atoms with van der Waals surface area (Å²) in [6, 6.07) is 6.84. The van der Waals surface area contributed by atoms with Crippen molar-refractivity contribution in [2.75, 3.05) is 19.6 Å². The quantitative estimate of drug-likeness (QED) is 0.0496. The van der Waals surface area contributed by atoms with Crippen LogP contribution in [0.4, 0.5) is 0 Å². The van der Waals surface area contributed by atoms with Gasteiger partial charge in [-0.15, -0.1) is 0 Å². The van der Waals surface area contributed by atoms with Gasteiger partial charge in [-0.1, -0.05) is 148 Å². The lowest BCUT2D eigenvalue weighted by atomic mass is 10.0. The van der Waals surface area contributed by atoms with Gasteiger partial charge in [-0.25, -0.2) is 8.42 Å². The van der Waals surface area contributed by atoms with E-state index < -0.39 is 10.1 Å². The number of unbranched alkanes of at least 4 members (excludes halogenated alkanes) is 21. The van der Waals surface area contributed by atoms with Crippen molar-refractivity contribution < 1.29 is 17.5 Å². The van der Waals surface area contributed by atoms with Gasteiger partial charge in [-0.05, 0) is 50.7 Å². The van der Waals surface area contributed by atoms with Gasteiger partial charge in [0, 0.05) is 5.56 Å². The van der Waals surface area contributed by atoms with Crippen molar-refractivity contribution >= 4 is 10.1 Å². The van der Waals surface area contributed by atoms with Crippen molar-refractivity contribution in [3.05, 3.63) is 29.8 Å². The number of benzene rings is 1. The first-order valence-electron chi connectivity index (χ1n) is 18.3. The number of nitrogens with zero attached hydrogens (tertiary/aromatic N) is 1. The zero-order valence-electron chi connectivity index (χ0n) is 28.2. The highest BCUT2D eigenvalue weighted by molar-refractivity contribution is 7.85. The molecule has 0 heterocycles. The molecule has 0 atom stereocenters. The number of hydrogen-bond acceptors (Lipinski definition) is 3. The zero-order valence-corrected chi connectivity index (χ0v) is 29.0. The van der Waals surface area contributed by atoms with Gasteiger partial charge in [0.15, 0.2) is 0 Å². The molecular formula is C37H69NO3S. The average Bonchev–Trinajstić information content (AvgIpc) is 2.97. The second-order valence-corrected chi connectivity index (χ2v) is 14.6. The van der Waals surface area contributed by atoms with E-state index in [9.17, 15) is 13.0 Å². The molecule has 42 heavy (non-hydrogen) atoms. The number of rotatable bonds is 30. The second kappa shape index (κ2) is 25.4. The van der Waals surface area contributed by atoms with Crippen LogP contribution in [0.2, 0.25) is 0 Å². The van der Waals surface area contributed by atoms with Crippen LogP contribution in [0.15, 0.2) is 29.2 Å². The lowest BCUT2D eigenvalue weighted by Crippen LogP contribution is -2.49. The van der Waals surface area contributed by atoms with E-state index in [0.717, 1.165) is 11.0 Å². The van der Waals surface area contributed by atoms with Gasteiger partial charge in [-0.3, -0.25) is 0 Å². The maximum absolute atomic E-state index is 11.5. The summed E-state index contributed by atoms with van der Waals surface area (Å²) in [5, 5.41) is 0. The summed E-state index contributed by atoms with van der Waals surface area (Å²) in [6.45, 7) is 11.4. The molecule has 0 amide bonds. The van der Waals surface area contributed by atoms with Crippen molar-refractivity contribution in [2.45, 2.75) is 186 Å². The van der Waals surface area contributed by atoms with Crippen molar-refractivity contribution in [3.8, 4) is 0 Å². The highest BCUT2D eigenvalue weighted by Crippen LogP contribution is 2.23. The van der Waals surface area contributed by atoms with Crippen LogP contribution in [0.1, 0.15) is 180 Å².